The van der Waals surface area contributed by atoms with Crippen LogP contribution in [0.15, 0.2) is 53.3 Å². The summed E-state index contributed by atoms with van der Waals surface area (Å²) < 4.78 is 5.00. The van der Waals surface area contributed by atoms with E-state index in [1.807, 2.05) is 17.0 Å². The van der Waals surface area contributed by atoms with Crippen molar-refractivity contribution in [1.82, 2.24) is 10.2 Å². The Bertz CT molecular complexity index is 1040. The molecular formula is C23H22N2O3. The smallest absolute Gasteiger partial charge is 0.257 e. The number of rotatable bonds is 3. The van der Waals surface area contributed by atoms with Crippen LogP contribution in [0.25, 0.3) is 10.8 Å². The van der Waals surface area contributed by atoms with E-state index in [9.17, 15) is 9.59 Å². The van der Waals surface area contributed by atoms with Gasteiger partial charge in [-0.25, -0.2) is 0 Å². The molecule has 1 aromatic heterocycles. The summed E-state index contributed by atoms with van der Waals surface area (Å²) in [7, 11) is 0. The predicted octanol–water partition coefficient (Wildman–Crippen LogP) is 3.57. The summed E-state index contributed by atoms with van der Waals surface area (Å²) in [5.74, 6) is -0.0266. The van der Waals surface area contributed by atoms with Gasteiger partial charge in [0.25, 0.3) is 11.8 Å². The first-order chi connectivity index (χ1) is 13.7. The van der Waals surface area contributed by atoms with E-state index >= 15 is 0 Å². The minimum atomic E-state index is -0.0183. The van der Waals surface area contributed by atoms with Crippen LogP contribution >= 0.6 is 0 Å². The Morgan fingerprint density at radius 3 is 2.54 bits per heavy atom. The highest BCUT2D eigenvalue weighted by Crippen LogP contribution is 2.32. The molecule has 28 heavy (non-hydrogen) atoms. The molecule has 0 radical (unpaired) electrons. The second kappa shape index (κ2) is 6.82. The molecule has 1 N–H and O–H groups in total. The lowest BCUT2D eigenvalue weighted by Crippen LogP contribution is -2.46. The number of nitrogens with one attached hydrogen (secondary N) is 1. The van der Waals surface area contributed by atoms with Crippen molar-refractivity contribution in [3.63, 3.8) is 0 Å². The molecule has 0 saturated carbocycles. The van der Waals surface area contributed by atoms with Crippen LogP contribution in [-0.4, -0.2) is 35.8 Å². The molecule has 1 aliphatic heterocycles. The van der Waals surface area contributed by atoms with Gasteiger partial charge in [-0.15, -0.1) is 0 Å². The van der Waals surface area contributed by atoms with Crippen LogP contribution in [0.3, 0.4) is 0 Å². The molecule has 2 aromatic carbocycles. The lowest BCUT2D eigenvalue weighted by molar-refractivity contribution is 0.0697. The number of nitrogens with zero attached hydrogens (tertiary/aromatic N) is 1. The van der Waals surface area contributed by atoms with Gasteiger partial charge in [-0.3, -0.25) is 9.59 Å². The molecule has 5 nitrogen and oxygen atoms in total. The number of likely N-dealkylation sites (tertiary alicyclic amines) is 1. The summed E-state index contributed by atoms with van der Waals surface area (Å²) in [6.45, 7) is 1.28. The van der Waals surface area contributed by atoms with Crippen LogP contribution in [0, 0.1) is 0 Å². The Kier molecular flexibility index (Phi) is 4.15. The van der Waals surface area contributed by atoms with Crippen molar-refractivity contribution in [3.8, 4) is 0 Å². The fourth-order valence-electron chi connectivity index (χ4n) is 4.50. The Balaban J connectivity index is 1.28. The van der Waals surface area contributed by atoms with Gasteiger partial charge in [-0.1, -0.05) is 24.3 Å². The SMILES string of the molecule is O=C(NC1CCN(C(=O)c2ccoc2)CC1)c1ccc2c3c(cccc13)CC2. The van der Waals surface area contributed by atoms with E-state index < -0.39 is 0 Å². The molecule has 0 spiro atoms. The van der Waals surface area contributed by atoms with Crippen molar-refractivity contribution in [2.24, 2.45) is 0 Å². The lowest BCUT2D eigenvalue weighted by Gasteiger charge is -2.32. The first-order valence-corrected chi connectivity index (χ1v) is 9.86. The summed E-state index contributed by atoms with van der Waals surface area (Å²) in [5, 5.41) is 5.50. The number of aryl methyl sites for hydroxylation is 2. The van der Waals surface area contributed by atoms with Gasteiger partial charge in [0, 0.05) is 24.7 Å². The number of hydrogen-bond acceptors (Lipinski definition) is 3. The highest BCUT2D eigenvalue weighted by molar-refractivity contribution is 6.09. The summed E-state index contributed by atoms with van der Waals surface area (Å²) in [4.78, 5) is 27.2. The minimum absolute atomic E-state index is 0.00831. The molecule has 2 amide bonds. The van der Waals surface area contributed by atoms with Crippen LogP contribution in [-0.2, 0) is 12.8 Å². The fraction of sp³-hybridized carbons (Fsp3) is 0.304. The molecule has 142 valence electrons. The van der Waals surface area contributed by atoms with E-state index in [2.05, 4.69) is 23.5 Å². The van der Waals surface area contributed by atoms with Crippen molar-refractivity contribution in [2.75, 3.05) is 13.1 Å². The molecule has 0 unspecified atom stereocenters. The number of furan rings is 1. The van der Waals surface area contributed by atoms with Crippen molar-refractivity contribution >= 4 is 22.6 Å². The number of amides is 2. The molecule has 2 aliphatic rings. The standard InChI is InChI=1S/C23H22N2O3/c26-22(20-7-6-16-5-4-15-2-1-3-19(20)21(15)16)24-18-8-11-25(12-9-18)23(27)17-10-13-28-14-17/h1-3,6-7,10,13-14,18H,4-5,8-9,11-12H2,(H,24,26). The third kappa shape index (κ3) is 2.87. The summed E-state index contributed by atoms with van der Waals surface area (Å²) in [5.41, 5.74) is 4.01. The van der Waals surface area contributed by atoms with E-state index in [0.29, 0.717) is 18.7 Å². The molecule has 3 aromatic rings. The second-order valence-electron chi connectivity index (χ2n) is 7.66. The highest BCUT2D eigenvalue weighted by atomic mass is 16.3. The number of hydrogen-bond donors (Lipinski definition) is 1. The Labute approximate surface area is 163 Å². The van der Waals surface area contributed by atoms with Gasteiger partial charge in [-0.2, -0.15) is 0 Å². The van der Waals surface area contributed by atoms with Gasteiger partial charge in [0.05, 0.1) is 11.8 Å². The van der Waals surface area contributed by atoms with E-state index in [1.54, 1.807) is 6.07 Å². The molecule has 5 heteroatoms. The van der Waals surface area contributed by atoms with Crippen LogP contribution in [0.5, 0.6) is 0 Å². The minimum Gasteiger partial charge on any atom is -0.472 e. The van der Waals surface area contributed by atoms with Gasteiger partial charge < -0.3 is 14.6 Å². The number of carbonyl (C=O) groups excluding carboxylic acids is 2. The molecule has 1 aliphatic carbocycles. The first kappa shape index (κ1) is 17.0. The van der Waals surface area contributed by atoms with Gasteiger partial charge >= 0.3 is 0 Å². The third-order valence-electron chi connectivity index (χ3n) is 6.01. The zero-order valence-corrected chi connectivity index (χ0v) is 15.6. The maximum absolute atomic E-state index is 13.0. The summed E-state index contributed by atoms with van der Waals surface area (Å²) >= 11 is 0. The Morgan fingerprint density at radius 2 is 1.79 bits per heavy atom. The molecule has 2 heterocycles. The normalized spacial score (nSPS) is 16.5. The van der Waals surface area contributed by atoms with E-state index in [1.165, 1.54) is 29.0 Å². The average Bonchev–Trinajstić information content (AvgIpc) is 3.40. The molecule has 1 fully saturated rings. The maximum atomic E-state index is 13.0. The lowest BCUT2D eigenvalue weighted by atomic mass is 9.98. The predicted molar refractivity (Wildman–Crippen MR) is 106 cm³/mol. The van der Waals surface area contributed by atoms with Gasteiger partial charge in [0.2, 0.25) is 0 Å². The first-order valence-electron chi connectivity index (χ1n) is 9.86. The summed E-state index contributed by atoms with van der Waals surface area (Å²) in [6.07, 6.45) is 6.62. The zero-order chi connectivity index (χ0) is 19.1. The van der Waals surface area contributed by atoms with Crippen LogP contribution in [0.2, 0.25) is 0 Å². The highest BCUT2D eigenvalue weighted by Gasteiger charge is 2.26. The quantitative estimate of drug-likeness (QED) is 0.762. The monoisotopic (exact) mass is 374 g/mol. The molecule has 5 rings (SSSR count). The Hall–Kier alpha value is -3.08. The maximum Gasteiger partial charge on any atom is 0.257 e. The fourth-order valence-corrected chi connectivity index (χ4v) is 4.50. The largest absolute Gasteiger partial charge is 0.472 e. The van der Waals surface area contributed by atoms with Crippen LogP contribution in [0.4, 0.5) is 0 Å². The van der Waals surface area contributed by atoms with Crippen molar-refractivity contribution < 1.29 is 14.0 Å². The summed E-state index contributed by atoms with van der Waals surface area (Å²) in [6, 6.07) is 12.1. The zero-order valence-electron chi connectivity index (χ0n) is 15.6. The molecule has 0 atom stereocenters. The third-order valence-corrected chi connectivity index (χ3v) is 6.01. The topological polar surface area (TPSA) is 62.6 Å². The average molecular weight is 374 g/mol. The van der Waals surface area contributed by atoms with Crippen molar-refractivity contribution in [3.05, 3.63) is 71.2 Å². The number of carbonyl (C=O) groups is 2. The molecule has 1 saturated heterocycles. The Morgan fingerprint density at radius 1 is 1.00 bits per heavy atom. The number of benzene rings is 2. The van der Waals surface area contributed by atoms with Gasteiger partial charge in [0.1, 0.15) is 6.26 Å². The second-order valence-corrected chi connectivity index (χ2v) is 7.66. The van der Waals surface area contributed by atoms with Gasteiger partial charge in [0.15, 0.2) is 0 Å². The van der Waals surface area contributed by atoms with Crippen molar-refractivity contribution in [2.45, 2.75) is 31.7 Å². The van der Waals surface area contributed by atoms with Crippen molar-refractivity contribution in [1.29, 1.82) is 0 Å². The molecular weight excluding hydrogens is 352 g/mol. The van der Waals surface area contributed by atoms with Gasteiger partial charge in [-0.05, 0) is 59.7 Å². The van der Waals surface area contributed by atoms with Crippen LogP contribution < -0.4 is 5.32 Å². The number of piperidine rings is 1. The van der Waals surface area contributed by atoms with E-state index in [-0.39, 0.29) is 17.9 Å². The molecule has 0 bridgehead atoms. The van der Waals surface area contributed by atoms with E-state index in [0.717, 1.165) is 36.6 Å². The van der Waals surface area contributed by atoms with E-state index in [4.69, 9.17) is 4.42 Å². The van der Waals surface area contributed by atoms with Crippen LogP contribution in [0.1, 0.15) is 44.7 Å².